The first-order valence-electron chi connectivity index (χ1n) is 13.1. The zero-order valence-corrected chi connectivity index (χ0v) is 21.8. The average molecular weight is 527 g/mol. The normalized spacial score (nSPS) is 17.6. The lowest BCUT2D eigenvalue weighted by Crippen LogP contribution is -2.40. The van der Waals surface area contributed by atoms with Crippen LogP contribution in [0.1, 0.15) is 64.3 Å². The Balaban J connectivity index is 1.02. The minimum Gasteiger partial charge on any atom is -0.344 e. The molecule has 0 saturated carbocycles. The largest absolute Gasteiger partial charge is 0.344 e. The Hall–Kier alpha value is -3.98. The summed E-state index contributed by atoms with van der Waals surface area (Å²) in [5.74, 6) is 0.642. The van der Waals surface area contributed by atoms with Gasteiger partial charge in [0.15, 0.2) is 5.82 Å². The van der Waals surface area contributed by atoms with E-state index in [1.54, 1.807) is 0 Å². The molecule has 38 heavy (non-hydrogen) atoms. The van der Waals surface area contributed by atoms with Crippen molar-refractivity contribution in [1.29, 1.82) is 0 Å². The number of hydrogen-bond acceptors (Lipinski definition) is 5. The van der Waals surface area contributed by atoms with Crippen LogP contribution in [-0.4, -0.2) is 45.1 Å². The molecular formula is C29H30N6O2S. The van der Waals surface area contributed by atoms with Crippen LogP contribution in [0.3, 0.4) is 0 Å². The lowest BCUT2D eigenvalue weighted by atomic mass is 9.88. The molecule has 9 heteroatoms. The fraction of sp³-hybridized carbons (Fsp3) is 0.310. The van der Waals surface area contributed by atoms with Crippen molar-refractivity contribution >= 4 is 29.1 Å². The van der Waals surface area contributed by atoms with E-state index in [1.807, 2.05) is 52.7 Å². The van der Waals surface area contributed by atoms with Crippen LogP contribution in [0.5, 0.6) is 0 Å². The summed E-state index contributed by atoms with van der Waals surface area (Å²) in [5.41, 5.74) is 4.90. The summed E-state index contributed by atoms with van der Waals surface area (Å²) in [5, 5.41) is 16.1. The maximum atomic E-state index is 13.0. The summed E-state index contributed by atoms with van der Waals surface area (Å²) in [4.78, 5) is 32.3. The van der Waals surface area contributed by atoms with E-state index in [2.05, 4.69) is 39.0 Å². The van der Waals surface area contributed by atoms with Gasteiger partial charge in [-0.1, -0.05) is 54.6 Å². The van der Waals surface area contributed by atoms with E-state index >= 15 is 0 Å². The number of amides is 3. The Kier molecular flexibility index (Phi) is 6.92. The number of carbonyl (C=O) groups excluding carboxylic acids is 2. The van der Waals surface area contributed by atoms with Crippen molar-refractivity contribution in [2.45, 2.75) is 44.1 Å². The van der Waals surface area contributed by atoms with Crippen molar-refractivity contribution in [1.82, 2.24) is 25.4 Å². The van der Waals surface area contributed by atoms with Crippen molar-refractivity contribution < 1.29 is 9.59 Å². The highest BCUT2D eigenvalue weighted by atomic mass is 32.1. The number of nitrogens with one attached hydrogen (secondary N) is 3. The molecule has 2 aromatic carbocycles. The Morgan fingerprint density at radius 3 is 2.63 bits per heavy atom. The molecule has 1 fully saturated rings. The van der Waals surface area contributed by atoms with Crippen molar-refractivity contribution in [3.05, 3.63) is 87.9 Å². The topological polar surface area (TPSA) is 103 Å². The molecular weight excluding hydrogens is 496 g/mol. The quantitative estimate of drug-likeness (QED) is 0.308. The Bertz CT molecular complexity index is 1420. The number of H-pyrrole nitrogens is 1. The molecule has 3 N–H and O–H groups in total. The lowest BCUT2D eigenvalue weighted by molar-refractivity contribution is 0.0928. The second-order valence-corrected chi connectivity index (χ2v) is 10.8. The van der Waals surface area contributed by atoms with Gasteiger partial charge in [0, 0.05) is 30.5 Å². The number of carbonyl (C=O) groups is 2. The molecule has 1 aliphatic heterocycles. The SMILES string of the molecule is O=C(NC1CCCc2ccccc21)c1csc(C2CCN(C(=O)Nc3cc(-c4ccccc4)[nH]n3)CC2)n1. The van der Waals surface area contributed by atoms with E-state index in [9.17, 15) is 9.59 Å². The molecule has 6 rings (SSSR count). The summed E-state index contributed by atoms with van der Waals surface area (Å²) in [6.45, 7) is 1.26. The van der Waals surface area contributed by atoms with Gasteiger partial charge < -0.3 is 10.2 Å². The first-order valence-corrected chi connectivity index (χ1v) is 14.0. The van der Waals surface area contributed by atoms with Gasteiger partial charge in [0.1, 0.15) is 5.69 Å². The predicted molar refractivity (Wildman–Crippen MR) is 148 cm³/mol. The van der Waals surface area contributed by atoms with Gasteiger partial charge in [-0.2, -0.15) is 5.10 Å². The van der Waals surface area contributed by atoms with Crippen LogP contribution in [-0.2, 0) is 6.42 Å². The van der Waals surface area contributed by atoms with Crippen LogP contribution in [0.25, 0.3) is 11.3 Å². The van der Waals surface area contributed by atoms with Gasteiger partial charge in [-0.05, 0) is 48.8 Å². The maximum absolute atomic E-state index is 13.0. The third kappa shape index (κ3) is 5.19. The third-order valence-electron chi connectivity index (χ3n) is 7.46. The van der Waals surface area contributed by atoms with Crippen LogP contribution in [0.4, 0.5) is 10.6 Å². The minimum atomic E-state index is -0.151. The highest BCUT2D eigenvalue weighted by Gasteiger charge is 2.28. The molecule has 4 aromatic rings. The van der Waals surface area contributed by atoms with Gasteiger partial charge in [0.2, 0.25) is 0 Å². The first-order chi connectivity index (χ1) is 18.6. The Labute approximate surface area is 225 Å². The number of aryl methyl sites for hydroxylation is 1. The van der Waals surface area contributed by atoms with Crippen LogP contribution >= 0.6 is 11.3 Å². The number of aromatic amines is 1. The Morgan fingerprint density at radius 1 is 1.00 bits per heavy atom. The van der Waals surface area contributed by atoms with E-state index in [-0.39, 0.29) is 23.9 Å². The number of thiazole rings is 1. The molecule has 194 valence electrons. The molecule has 0 spiro atoms. The fourth-order valence-electron chi connectivity index (χ4n) is 5.38. The maximum Gasteiger partial charge on any atom is 0.323 e. The van der Waals surface area contributed by atoms with E-state index in [0.717, 1.165) is 48.4 Å². The second kappa shape index (κ2) is 10.8. The standard InChI is InChI=1S/C29H30N6O2S/c36-27(30-23-12-6-10-19-7-4-5-11-22(19)23)25-18-38-28(31-25)21-13-15-35(16-14-21)29(37)32-26-17-24(33-34-26)20-8-2-1-3-9-20/h1-5,7-9,11,17-18,21,23H,6,10,12-16H2,(H,30,36)(H2,32,33,34,37). The summed E-state index contributed by atoms with van der Waals surface area (Å²) < 4.78 is 0. The van der Waals surface area contributed by atoms with Gasteiger partial charge >= 0.3 is 6.03 Å². The van der Waals surface area contributed by atoms with Crippen molar-refractivity contribution in [2.24, 2.45) is 0 Å². The second-order valence-electron chi connectivity index (χ2n) is 9.91. The highest BCUT2D eigenvalue weighted by molar-refractivity contribution is 7.09. The molecule has 1 aliphatic carbocycles. The predicted octanol–water partition coefficient (Wildman–Crippen LogP) is 5.75. The van der Waals surface area contributed by atoms with E-state index in [0.29, 0.717) is 24.6 Å². The van der Waals surface area contributed by atoms with Gasteiger partial charge in [0.25, 0.3) is 5.91 Å². The van der Waals surface area contributed by atoms with Crippen LogP contribution in [0.15, 0.2) is 66.0 Å². The molecule has 1 saturated heterocycles. The molecule has 1 unspecified atom stereocenters. The number of benzene rings is 2. The number of urea groups is 1. The van der Waals surface area contributed by atoms with Crippen molar-refractivity contribution in [3.63, 3.8) is 0 Å². The molecule has 2 aromatic heterocycles. The van der Waals surface area contributed by atoms with Crippen LogP contribution in [0.2, 0.25) is 0 Å². The number of piperidine rings is 1. The number of fused-ring (bicyclic) bond motifs is 1. The van der Waals surface area contributed by atoms with Gasteiger partial charge in [0.05, 0.1) is 16.7 Å². The number of rotatable bonds is 5. The summed E-state index contributed by atoms with van der Waals surface area (Å²) in [6.07, 6.45) is 4.72. The third-order valence-corrected chi connectivity index (χ3v) is 8.47. The number of nitrogens with zero attached hydrogens (tertiary/aromatic N) is 3. The average Bonchev–Trinajstić information content (AvgIpc) is 3.64. The summed E-state index contributed by atoms with van der Waals surface area (Å²) >= 11 is 1.54. The molecule has 3 amide bonds. The van der Waals surface area contributed by atoms with Gasteiger partial charge in [-0.15, -0.1) is 11.3 Å². The zero-order valence-electron chi connectivity index (χ0n) is 21.0. The molecule has 0 radical (unpaired) electrons. The smallest absolute Gasteiger partial charge is 0.323 e. The van der Waals surface area contributed by atoms with Crippen LogP contribution < -0.4 is 10.6 Å². The molecule has 8 nitrogen and oxygen atoms in total. The first kappa shape index (κ1) is 24.4. The number of anilines is 1. The summed E-state index contributed by atoms with van der Waals surface area (Å²) in [7, 11) is 0. The number of aromatic nitrogens is 3. The Morgan fingerprint density at radius 2 is 1.79 bits per heavy atom. The summed E-state index contributed by atoms with van der Waals surface area (Å²) in [6, 6.07) is 20.0. The zero-order chi connectivity index (χ0) is 25.9. The number of likely N-dealkylation sites (tertiary alicyclic amines) is 1. The highest BCUT2D eigenvalue weighted by Crippen LogP contribution is 2.32. The number of hydrogen-bond donors (Lipinski definition) is 3. The molecule has 2 aliphatic rings. The van der Waals surface area contributed by atoms with E-state index in [4.69, 9.17) is 4.98 Å². The van der Waals surface area contributed by atoms with E-state index < -0.39 is 0 Å². The minimum absolute atomic E-state index is 0.0395. The molecule has 1 atom stereocenters. The lowest BCUT2D eigenvalue weighted by Gasteiger charge is -2.30. The fourth-order valence-corrected chi connectivity index (χ4v) is 6.36. The molecule has 3 heterocycles. The van der Waals surface area contributed by atoms with Gasteiger partial charge in [-0.3, -0.25) is 15.2 Å². The van der Waals surface area contributed by atoms with Gasteiger partial charge in [-0.25, -0.2) is 9.78 Å². The van der Waals surface area contributed by atoms with Crippen molar-refractivity contribution in [2.75, 3.05) is 18.4 Å². The van der Waals surface area contributed by atoms with Crippen molar-refractivity contribution in [3.8, 4) is 11.3 Å². The molecule has 0 bridgehead atoms. The van der Waals surface area contributed by atoms with E-state index in [1.165, 1.54) is 22.5 Å². The van der Waals surface area contributed by atoms with Crippen LogP contribution in [0, 0.1) is 0 Å². The monoisotopic (exact) mass is 526 g/mol.